The fourth-order valence-electron chi connectivity index (χ4n) is 8.11. The summed E-state index contributed by atoms with van der Waals surface area (Å²) in [6.45, 7) is 6.43. The summed E-state index contributed by atoms with van der Waals surface area (Å²) in [6, 6.07) is -0.735. The van der Waals surface area contributed by atoms with Crippen LogP contribution in [0.3, 0.4) is 0 Å². The third-order valence-electron chi connectivity index (χ3n) is 12.3. The second-order valence-corrected chi connectivity index (χ2v) is 18.6. The van der Waals surface area contributed by atoms with Gasteiger partial charge in [0.15, 0.2) is 0 Å². The first-order valence-electron chi connectivity index (χ1n) is 27.5. The van der Waals surface area contributed by atoms with E-state index in [1.165, 1.54) is 154 Å². The number of allylic oxidation sites excluding steroid dienone is 9. The Kier molecular flexibility index (Phi) is 49.6. The molecule has 0 aliphatic carbocycles. The molecule has 0 aromatic heterocycles. The topological polar surface area (TPSA) is 95.9 Å². The van der Waals surface area contributed by atoms with Crippen molar-refractivity contribution in [2.75, 3.05) is 6.61 Å². The summed E-state index contributed by atoms with van der Waals surface area (Å²) >= 11 is 0. The van der Waals surface area contributed by atoms with Crippen LogP contribution in [0.5, 0.6) is 0 Å². The molecule has 0 fully saturated rings. The number of aliphatic hydroxyl groups is 2. The molecule has 0 aromatic rings. The summed E-state index contributed by atoms with van der Waals surface area (Å²) in [5.74, 6) is -0.591. The van der Waals surface area contributed by atoms with E-state index >= 15 is 0 Å². The largest absolute Gasteiger partial charge is 0.461 e. The van der Waals surface area contributed by atoms with E-state index in [0.29, 0.717) is 19.3 Å². The molecule has 0 aliphatic heterocycles. The van der Waals surface area contributed by atoms with E-state index in [-0.39, 0.29) is 24.9 Å². The lowest BCUT2D eigenvalue weighted by Gasteiger charge is -2.24. The van der Waals surface area contributed by atoms with Crippen molar-refractivity contribution in [3.05, 3.63) is 60.8 Å². The van der Waals surface area contributed by atoms with Crippen LogP contribution in [0.15, 0.2) is 60.8 Å². The Morgan fingerprint density at radius 3 is 1.30 bits per heavy atom. The number of carbonyl (C=O) groups is 2. The number of esters is 1. The van der Waals surface area contributed by atoms with Crippen LogP contribution >= 0.6 is 0 Å². The van der Waals surface area contributed by atoms with Crippen molar-refractivity contribution < 1.29 is 24.5 Å². The third kappa shape index (κ3) is 46.1. The molecular formula is C58H105NO5. The quantitative estimate of drug-likeness (QED) is 0.0321. The molecule has 0 saturated heterocycles. The van der Waals surface area contributed by atoms with Crippen molar-refractivity contribution in [1.82, 2.24) is 5.32 Å². The zero-order chi connectivity index (χ0) is 46.7. The Morgan fingerprint density at radius 2 is 0.828 bits per heavy atom. The Morgan fingerprint density at radius 1 is 0.469 bits per heavy atom. The maximum absolute atomic E-state index is 13.2. The highest BCUT2D eigenvalue weighted by atomic mass is 16.5. The van der Waals surface area contributed by atoms with Crippen LogP contribution in [-0.2, 0) is 14.3 Å². The second kappa shape index (κ2) is 51.5. The third-order valence-corrected chi connectivity index (χ3v) is 12.3. The average Bonchev–Trinajstić information content (AvgIpc) is 3.29. The predicted molar refractivity (Wildman–Crippen MR) is 278 cm³/mol. The molecule has 0 aliphatic rings. The van der Waals surface area contributed by atoms with Crippen molar-refractivity contribution in [3.8, 4) is 0 Å². The summed E-state index contributed by atoms with van der Waals surface area (Å²) in [5.41, 5.74) is 0. The Bertz CT molecular complexity index is 1140. The molecule has 3 unspecified atom stereocenters. The number of aliphatic hydroxyl groups excluding tert-OH is 2. The SMILES string of the molecule is CCCCC/C=C\C/C=C\C/C=C\C/C=C\CC(CC(=O)NC(CO)C(O)CCCCCCCCCCCCCCCCCCC)OC(=O)CCCCC/C=C\CCCCCCCC. The van der Waals surface area contributed by atoms with E-state index in [1.807, 2.05) is 6.08 Å². The molecule has 0 rings (SSSR count). The lowest BCUT2D eigenvalue weighted by molar-refractivity contribution is -0.150. The minimum atomic E-state index is -0.815. The van der Waals surface area contributed by atoms with Crippen molar-refractivity contribution in [3.63, 3.8) is 0 Å². The smallest absolute Gasteiger partial charge is 0.306 e. The van der Waals surface area contributed by atoms with Gasteiger partial charge in [-0.25, -0.2) is 0 Å². The van der Waals surface area contributed by atoms with E-state index < -0.39 is 18.2 Å². The Balaban J connectivity index is 4.65. The van der Waals surface area contributed by atoms with Gasteiger partial charge in [0.2, 0.25) is 5.91 Å². The van der Waals surface area contributed by atoms with Crippen LogP contribution < -0.4 is 5.32 Å². The van der Waals surface area contributed by atoms with Crippen LogP contribution in [0.4, 0.5) is 0 Å². The highest BCUT2D eigenvalue weighted by Crippen LogP contribution is 2.17. The van der Waals surface area contributed by atoms with Crippen LogP contribution in [0, 0.1) is 0 Å². The van der Waals surface area contributed by atoms with Crippen LogP contribution in [0.2, 0.25) is 0 Å². The summed E-state index contributed by atoms with van der Waals surface area (Å²) in [6.07, 6.45) is 64.4. The first-order valence-corrected chi connectivity index (χ1v) is 27.5. The van der Waals surface area contributed by atoms with Crippen LogP contribution in [-0.4, -0.2) is 46.9 Å². The second-order valence-electron chi connectivity index (χ2n) is 18.6. The van der Waals surface area contributed by atoms with E-state index in [1.54, 1.807) is 0 Å². The van der Waals surface area contributed by atoms with Gasteiger partial charge in [0.05, 0.1) is 25.2 Å². The van der Waals surface area contributed by atoms with Crippen LogP contribution in [0.1, 0.15) is 271 Å². The van der Waals surface area contributed by atoms with E-state index in [9.17, 15) is 19.8 Å². The first-order chi connectivity index (χ1) is 31.5. The molecular weight excluding hydrogens is 791 g/mol. The van der Waals surface area contributed by atoms with Gasteiger partial charge >= 0.3 is 5.97 Å². The number of hydrogen-bond acceptors (Lipinski definition) is 5. The highest BCUT2D eigenvalue weighted by Gasteiger charge is 2.23. The monoisotopic (exact) mass is 896 g/mol. The number of amides is 1. The van der Waals surface area contributed by atoms with Gasteiger partial charge in [0, 0.05) is 12.8 Å². The van der Waals surface area contributed by atoms with Gasteiger partial charge in [-0.05, 0) is 70.6 Å². The number of unbranched alkanes of at least 4 members (excludes halogenated alkanes) is 28. The standard InChI is InChI=1S/C58H105NO5/c1-4-7-10-13-16-19-22-25-27-28-30-33-35-38-41-44-47-50-56(61)55(53-60)59-57(62)52-54(49-46-43-40-37-34-32-29-26-23-20-17-14-11-8-5-2)64-58(63)51-48-45-42-39-36-31-24-21-18-15-12-9-6-3/h17,20,26,29,31,34,36-37,43,46,54-56,60-61H,4-16,18-19,21-25,27-28,30,32-33,35,38-42,44-45,47-53H2,1-3H3,(H,59,62)/b20-17-,29-26-,36-31-,37-34-,46-43-. The molecule has 0 bridgehead atoms. The molecule has 0 heterocycles. The number of carbonyl (C=O) groups excluding carboxylic acids is 2. The molecule has 0 spiro atoms. The van der Waals surface area contributed by atoms with Gasteiger partial charge in [-0.3, -0.25) is 9.59 Å². The van der Waals surface area contributed by atoms with Crippen molar-refractivity contribution in [1.29, 1.82) is 0 Å². The molecule has 372 valence electrons. The average molecular weight is 896 g/mol. The lowest BCUT2D eigenvalue weighted by Crippen LogP contribution is -2.46. The van der Waals surface area contributed by atoms with E-state index in [2.05, 4.69) is 80.8 Å². The fourth-order valence-corrected chi connectivity index (χ4v) is 8.11. The molecule has 3 N–H and O–H groups in total. The molecule has 0 saturated carbocycles. The maximum atomic E-state index is 13.2. The number of hydrogen-bond donors (Lipinski definition) is 3. The molecule has 0 aromatic carbocycles. The zero-order valence-corrected chi connectivity index (χ0v) is 42.4. The number of rotatable bonds is 49. The Hall–Kier alpha value is -2.44. The predicted octanol–water partition coefficient (Wildman–Crippen LogP) is 16.8. The van der Waals surface area contributed by atoms with Gasteiger partial charge in [-0.2, -0.15) is 0 Å². The summed E-state index contributed by atoms with van der Waals surface area (Å²) in [7, 11) is 0. The molecule has 6 heteroatoms. The van der Waals surface area contributed by atoms with Gasteiger partial charge < -0.3 is 20.3 Å². The lowest BCUT2D eigenvalue weighted by atomic mass is 10.0. The van der Waals surface area contributed by atoms with Crippen molar-refractivity contribution in [2.24, 2.45) is 0 Å². The van der Waals surface area contributed by atoms with E-state index in [4.69, 9.17) is 4.74 Å². The van der Waals surface area contributed by atoms with Gasteiger partial charge in [-0.15, -0.1) is 0 Å². The van der Waals surface area contributed by atoms with Crippen molar-refractivity contribution in [2.45, 2.75) is 289 Å². The molecule has 64 heavy (non-hydrogen) atoms. The Labute approximate surface area is 397 Å². The summed E-state index contributed by atoms with van der Waals surface area (Å²) < 4.78 is 5.87. The van der Waals surface area contributed by atoms with Crippen molar-refractivity contribution >= 4 is 11.9 Å². The van der Waals surface area contributed by atoms with E-state index in [0.717, 1.165) is 70.6 Å². The molecule has 1 amide bonds. The first kappa shape index (κ1) is 61.6. The summed E-state index contributed by atoms with van der Waals surface area (Å²) in [4.78, 5) is 26.1. The highest BCUT2D eigenvalue weighted by molar-refractivity contribution is 5.77. The normalized spacial score (nSPS) is 13.6. The van der Waals surface area contributed by atoms with Gasteiger partial charge in [0.1, 0.15) is 6.10 Å². The minimum Gasteiger partial charge on any atom is -0.461 e. The summed E-state index contributed by atoms with van der Waals surface area (Å²) in [5, 5.41) is 23.8. The van der Waals surface area contributed by atoms with Gasteiger partial charge in [-0.1, -0.05) is 242 Å². The fraction of sp³-hybridized carbons (Fsp3) is 0.793. The molecule has 3 atom stereocenters. The molecule has 6 nitrogen and oxygen atoms in total. The number of ether oxygens (including phenoxy) is 1. The van der Waals surface area contributed by atoms with Gasteiger partial charge in [0.25, 0.3) is 0 Å². The minimum absolute atomic E-state index is 0.00446. The number of nitrogens with one attached hydrogen (secondary N) is 1. The van der Waals surface area contributed by atoms with Crippen LogP contribution in [0.25, 0.3) is 0 Å². The molecule has 0 radical (unpaired) electrons. The zero-order valence-electron chi connectivity index (χ0n) is 42.4. The maximum Gasteiger partial charge on any atom is 0.306 e.